The highest BCUT2D eigenvalue weighted by molar-refractivity contribution is 9.09. The first-order valence-corrected chi connectivity index (χ1v) is 6.78. The van der Waals surface area contributed by atoms with E-state index in [0.717, 1.165) is 6.42 Å². The minimum atomic E-state index is -0.0317. The van der Waals surface area contributed by atoms with Crippen LogP contribution in [0.4, 0.5) is 0 Å². The van der Waals surface area contributed by atoms with E-state index in [4.69, 9.17) is 4.74 Å². The number of phenols is 1. The van der Waals surface area contributed by atoms with Crippen LogP contribution in [0.2, 0.25) is 0 Å². The van der Waals surface area contributed by atoms with Gasteiger partial charge in [0.25, 0.3) is 0 Å². The van der Waals surface area contributed by atoms with E-state index in [0.29, 0.717) is 35.2 Å². The lowest BCUT2D eigenvalue weighted by atomic mass is 9.99. The summed E-state index contributed by atoms with van der Waals surface area (Å²) in [7, 11) is 0. The summed E-state index contributed by atoms with van der Waals surface area (Å²) in [6.45, 7) is 4.00. The Labute approximate surface area is 110 Å². The first kappa shape index (κ1) is 14.0. The van der Waals surface area contributed by atoms with Gasteiger partial charge in [0.2, 0.25) is 0 Å². The maximum absolute atomic E-state index is 11.5. The molecule has 0 unspecified atom stereocenters. The molecule has 0 aliphatic rings. The first-order valence-electron chi connectivity index (χ1n) is 5.66. The first-order chi connectivity index (χ1) is 8.11. The largest absolute Gasteiger partial charge is 0.504 e. The van der Waals surface area contributed by atoms with Crippen LogP contribution in [-0.4, -0.2) is 22.8 Å². The Hall–Kier alpha value is -1.03. The molecule has 0 fully saturated rings. The number of halogens is 1. The van der Waals surface area contributed by atoms with Gasteiger partial charge in [0.15, 0.2) is 17.3 Å². The molecule has 0 aromatic heterocycles. The van der Waals surface area contributed by atoms with Crippen LogP contribution < -0.4 is 4.74 Å². The summed E-state index contributed by atoms with van der Waals surface area (Å²) in [5.74, 6) is 0.509. The Bertz CT molecular complexity index is 402. The zero-order chi connectivity index (χ0) is 12.8. The summed E-state index contributed by atoms with van der Waals surface area (Å²) in [5, 5.41) is 10.8. The van der Waals surface area contributed by atoms with Crippen LogP contribution in [0, 0.1) is 0 Å². The molecule has 1 N–H and O–H groups in total. The third-order valence-corrected chi connectivity index (χ3v) is 2.78. The summed E-state index contributed by atoms with van der Waals surface area (Å²) < 4.78 is 5.40. The molecule has 0 heterocycles. The molecule has 0 saturated carbocycles. The van der Waals surface area contributed by atoms with Crippen LogP contribution >= 0.6 is 15.9 Å². The second-order valence-corrected chi connectivity index (χ2v) is 4.58. The van der Waals surface area contributed by atoms with Crippen molar-refractivity contribution in [3.05, 3.63) is 23.3 Å². The topological polar surface area (TPSA) is 46.5 Å². The van der Waals surface area contributed by atoms with Crippen LogP contribution in [0.25, 0.3) is 0 Å². The van der Waals surface area contributed by atoms with Crippen molar-refractivity contribution in [2.75, 3.05) is 11.9 Å². The highest BCUT2D eigenvalue weighted by Gasteiger charge is 2.15. The molecule has 0 aliphatic carbocycles. The molecule has 17 heavy (non-hydrogen) atoms. The van der Waals surface area contributed by atoms with Crippen molar-refractivity contribution >= 4 is 21.7 Å². The Balaban J connectivity index is 3.13. The third-order valence-electron chi connectivity index (χ3n) is 2.46. The fraction of sp³-hybridized carbons (Fsp3) is 0.462. The number of hydrogen-bond donors (Lipinski definition) is 1. The van der Waals surface area contributed by atoms with Gasteiger partial charge in [0.1, 0.15) is 0 Å². The quantitative estimate of drug-likeness (QED) is 0.647. The number of benzene rings is 1. The van der Waals surface area contributed by atoms with Crippen LogP contribution in [0.15, 0.2) is 12.1 Å². The van der Waals surface area contributed by atoms with Gasteiger partial charge in [-0.3, -0.25) is 4.79 Å². The Morgan fingerprint density at radius 2 is 2.18 bits per heavy atom. The van der Waals surface area contributed by atoms with Crippen LogP contribution in [-0.2, 0) is 6.42 Å². The van der Waals surface area contributed by atoms with Gasteiger partial charge in [-0.25, -0.2) is 0 Å². The standard InChI is InChI=1S/C13H17BrO3/c1-3-4-11-10(9(2)15)5-6-12(13(11)16)17-8-7-14/h5-6,16H,3-4,7-8H2,1-2H3. The van der Waals surface area contributed by atoms with E-state index < -0.39 is 0 Å². The lowest BCUT2D eigenvalue weighted by Crippen LogP contribution is -2.04. The second-order valence-electron chi connectivity index (χ2n) is 3.78. The number of alkyl halides is 1. The van der Waals surface area contributed by atoms with Crippen LogP contribution in [0.3, 0.4) is 0 Å². The number of aromatic hydroxyl groups is 1. The van der Waals surface area contributed by atoms with Gasteiger partial charge in [-0.15, -0.1) is 0 Å². The summed E-state index contributed by atoms with van der Waals surface area (Å²) in [4.78, 5) is 11.5. The van der Waals surface area contributed by atoms with Gasteiger partial charge in [0.05, 0.1) is 6.61 Å². The molecule has 1 rings (SSSR count). The van der Waals surface area contributed by atoms with Gasteiger partial charge >= 0.3 is 0 Å². The van der Waals surface area contributed by atoms with E-state index in [9.17, 15) is 9.90 Å². The van der Waals surface area contributed by atoms with Crippen molar-refractivity contribution in [3.63, 3.8) is 0 Å². The second kappa shape index (κ2) is 6.64. The van der Waals surface area contributed by atoms with E-state index in [1.807, 2.05) is 6.92 Å². The van der Waals surface area contributed by atoms with Crippen molar-refractivity contribution in [1.82, 2.24) is 0 Å². The molecule has 4 heteroatoms. The minimum absolute atomic E-state index is 0.0317. The van der Waals surface area contributed by atoms with E-state index in [-0.39, 0.29) is 11.5 Å². The maximum atomic E-state index is 11.5. The molecule has 0 radical (unpaired) electrons. The Morgan fingerprint density at radius 1 is 1.47 bits per heavy atom. The lowest BCUT2D eigenvalue weighted by molar-refractivity contribution is 0.101. The molecule has 0 amide bonds. The number of Topliss-reactive ketones (excluding diaryl/α,β-unsaturated/α-hetero) is 1. The predicted molar refractivity (Wildman–Crippen MR) is 71.4 cm³/mol. The fourth-order valence-corrected chi connectivity index (χ4v) is 1.87. The normalized spacial score (nSPS) is 10.3. The van der Waals surface area contributed by atoms with E-state index in [2.05, 4.69) is 15.9 Å². The van der Waals surface area contributed by atoms with E-state index in [1.54, 1.807) is 12.1 Å². The van der Waals surface area contributed by atoms with Crippen molar-refractivity contribution in [2.24, 2.45) is 0 Å². The van der Waals surface area contributed by atoms with Gasteiger partial charge in [0, 0.05) is 16.5 Å². The summed E-state index contributed by atoms with van der Waals surface area (Å²) >= 11 is 3.26. The number of hydrogen-bond acceptors (Lipinski definition) is 3. The monoisotopic (exact) mass is 300 g/mol. The zero-order valence-electron chi connectivity index (χ0n) is 10.1. The number of carbonyl (C=O) groups is 1. The zero-order valence-corrected chi connectivity index (χ0v) is 11.7. The number of ketones is 1. The number of rotatable bonds is 6. The number of carbonyl (C=O) groups excluding carboxylic acids is 1. The van der Waals surface area contributed by atoms with Crippen molar-refractivity contribution in [1.29, 1.82) is 0 Å². The van der Waals surface area contributed by atoms with E-state index in [1.165, 1.54) is 6.92 Å². The van der Waals surface area contributed by atoms with Crippen molar-refractivity contribution in [3.8, 4) is 11.5 Å². The van der Waals surface area contributed by atoms with Gasteiger partial charge in [-0.2, -0.15) is 0 Å². The molecule has 0 aliphatic heterocycles. The van der Waals surface area contributed by atoms with E-state index >= 15 is 0 Å². The average molecular weight is 301 g/mol. The SMILES string of the molecule is CCCc1c(C(C)=O)ccc(OCCBr)c1O. The molecular weight excluding hydrogens is 284 g/mol. The number of ether oxygens (including phenoxy) is 1. The fourth-order valence-electron chi connectivity index (χ4n) is 1.71. The predicted octanol–water partition coefficient (Wildman–Crippen LogP) is 3.32. The molecule has 3 nitrogen and oxygen atoms in total. The lowest BCUT2D eigenvalue weighted by Gasteiger charge is -2.13. The highest BCUT2D eigenvalue weighted by Crippen LogP contribution is 2.33. The molecule has 94 valence electrons. The molecule has 0 saturated heterocycles. The molecule has 1 aromatic carbocycles. The average Bonchev–Trinajstić information content (AvgIpc) is 2.30. The van der Waals surface area contributed by atoms with Crippen molar-refractivity contribution < 1.29 is 14.6 Å². The van der Waals surface area contributed by atoms with Gasteiger partial charge < -0.3 is 9.84 Å². The molecular formula is C13H17BrO3. The van der Waals surface area contributed by atoms with Crippen LogP contribution in [0.5, 0.6) is 11.5 Å². The van der Waals surface area contributed by atoms with Gasteiger partial charge in [-0.05, 0) is 25.5 Å². The summed E-state index contributed by atoms with van der Waals surface area (Å²) in [5.41, 5.74) is 1.27. The minimum Gasteiger partial charge on any atom is -0.504 e. The highest BCUT2D eigenvalue weighted by atomic mass is 79.9. The summed E-state index contributed by atoms with van der Waals surface area (Å²) in [6, 6.07) is 3.37. The molecule has 0 atom stereocenters. The maximum Gasteiger partial charge on any atom is 0.161 e. The number of phenolic OH excluding ortho intramolecular Hbond substituents is 1. The Kier molecular flexibility index (Phi) is 5.48. The summed E-state index contributed by atoms with van der Waals surface area (Å²) in [6.07, 6.45) is 1.54. The Morgan fingerprint density at radius 3 is 2.71 bits per heavy atom. The molecule has 0 bridgehead atoms. The van der Waals surface area contributed by atoms with Gasteiger partial charge in [-0.1, -0.05) is 29.3 Å². The third kappa shape index (κ3) is 3.46. The van der Waals surface area contributed by atoms with Crippen LogP contribution in [0.1, 0.15) is 36.2 Å². The molecule has 0 spiro atoms. The van der Waals surface area contributed by atoms with Crippen molar-refractivity contribution in [2.45, 2.75) is 26.7 Å². The molecule has 1 aromatic rings. The smallest absolute Gasteiger partial charge is 0.161 e.